The van der Waals surface area contributed by atoms with Gasteiger partial charge in [0.25, 0.3) is 0 Å². The van der Waals surface area contributed by atoms with Crippen molar-refractivity contribution >= 4 is 17.5 Å². The third-order valence-corrected chi connectivity index (χ3v) is 4.61. The summed E-state index contributed by atoms with van der Waals surface area (Å²) in [7, 11) is 0. The van der Waals surface area contributed by atoms with E-state index in [2.05, 4.69) is 10.2 Å². The highest BCUT2D eigenvalue weighted by molar-refractivity contribution is 6.30. The maximum absolute atomic E-state index is 11.6. The first kappa shape index (κ1) is 18.2. The molecule has 4 nitrogen and oxygen atoms in total. The molecule has 23 heavy (non-hydrogen) atoms. The lowest BCUT2D eigenvalue weighted by Crippen LogP contribution is -2.42. The Bertz CT molecular complexity index is 492. The highest BCUT2D eigenvalue weighted by atomic mass is 35.5. The fourth-order valence-electron chi connectivity index (χ4n) is 3.09. The number of rotatable bonds is 7. The van der Waals surface area contributed by atoms with Crippen LogP contribution in [0.1, 0.15) is 44.3 Å². The van der Waals surface area contributed by atoms with Gasteiger partial charge in [0.05, 0.1) is 6.10 Å². The van der Waals surface area contributed by atoms with Crippen LogP contribution in [0.25, 0.3) is 0 Å². The number of hydrogen-bond donors (Lipinski definition) is 2. The van der Waals surface area contributed by atoms with Gasteiger partial charge in [-0.25, -0.2) is 0 Å². The zero-order valence-electron chi connectivity index (χ0n) is 13.8. The van der Waals surface area contributed by atoms with Gasteiger partial charge in [0.15, 0.2) is 0 Å². The molecule has 1 amide bonds. The van der Waals surface area contributed by atoms with Crippen molar-refractivity contribution in [2.45, 2.75) is 38.7 Å². The number of benzene rings is 1. The molecule has 1 saturated heterocycles. The minimum Gasteiger partial charge on any atom is -0.387 e. The summed E-state index contributed by atoms with van der Waals surface area (Å²) in [6.45, 7) is 5.31. The number of aliphatic hydroxyl groups is 1. The summed E-state index contributed by atoms with van der Waals surface area (Å²) in [6, 6.07) is 7.36. The number of nitrogens with zero attached hydrogens (tertiary/aromatic N) is 1. The molecule has 0 radical (unpaired) electrons. The van der Waals surface area contributed by atoms with Crippen LogP contribution in [0.5, 0.6) is 0 Å². The molecule has 2 atom stereocenters. The Morgan fingerprint density at radius 2 is 2.17 bits per heavy atom. The quantitative estimate of drug-likeness (QED) is 0.803. The van der Waals surface area contributed by atoms with Crippen molar-refractivity contribution in [1.82, 2.24) is 10.2 Å². The molecule has 1 heterocycles. The van der Waals surface area contributed by atoms with Crippen molar-refractivity contribution in [3.8, 4) is 0 Å². The molecule has 128 valence electrons. The summed E-state index contributed by atoms with van der Waals surface area (Å²) < 4.78 is 0. The molecule has 5 heteroatoms. The summed E-state index contributed by atoms with van der Waals surface area (Å²) in [5, 5.41) is 14.1. The molecule has 1 fully saturated rings. The van der Waals surface area contributed by atoms with Gasteiger partial charge in [0.1, 0.15) is 0 Å². The van der Waals surface area contributed by atoms with E-state index in [4.69, 9.17) is 11.6 Å². The van der Waals surface area contributed by atoms with Crippen LogP contribution in [0, 0.1) is 5.92 Å². The van der Waals surface area contributed by atoms with Crippen LogP contribution in [-0.2, 0) is 4.79 Å². The van der Waals surface area contributed by atoms with E-state index in [9.17, 15) is 9.90 Å². The average Bonchev–Trinajstić information content (AvgIpc) is 2.54. The molecule has 1 aliphatic rings. The Balaban J connectivity index is 1.79. The van der Waals surface area contributed by atoms with E-state index >= 15 is 0 Å². The number of amides is 1. The highest BCUT2D eigenvalue weighted by Gasteiger charge is 2.22. The van der Waals surface area contributed by atoms with E-state index in [-0.39, 0.29) is 5.91 Å². The van der Waals surface area contributed by atoms with Crippen LogP contribution in [0.15, 0.2) is 24.3 Å². The smallest absolute Gasteiger partial charge is 0.219 e. The summed E-state index contributed by atoms with van der Waals surface area (Å²) in [6.07, 6.45) is 3.24. The highest BCUT2D eigenvalue weighted by Crippen LogP contribution is 2.21. The molecule has 0 bridgehead atoms. The number of piperidine rings is 1. The van der Waals surface area contributed by atoms with Crippen LogP contribution in [0.3, 0.4) is 0 Å². The number of nitrogens with one attached hydrogen (secondary N) is 1. The molecular weight excluding hydrogens is 312 g/mol. The Morgan fingerprint density at radius 3 is 2.87 bits per heavy atom. The number of carbonyl (C=O) groups is 1. The van der Waals surface area contributed by atoms with Crippen molar-refractivity contribution in [3.63, 3.8) is 0 Å². The first-order valence-corrected chi connectivity index (χ1v) is 8.89. The van der Waals surface area contributed by atoms with Crippen molar-refractivity contribution in [1.29, 1.82) is 0 Å². The average molecular weight is 339 g/mol. The zero-order chi connectivity index (χ0) is 16.7. The Hall–Kier alpha value is -1.10. The fourth-order valence-corrected chi connectivity index (χ4v) is 3.22. The Labute approximate surface area is 143 Å². The van der Waals surface area contributed by atoms with Gasteiger partial charge in [-0.2, -0.15) is 0 Å². The van der Waals surface area contributed by atoms with Gasteiger partial charge in [-0.05, 0) is 49.4 Å². The van der Waals surface area contributed by atoms with Crippen molar-refractivity contribution in [3.05, 3.63) is 34.9 Å². The fraction of sp³-hybridized carbons (Fsp3) is 0.611. The lowest BCUT2D eigenvalue weighted by Gasteiger charge is -2.34. The first-order chi connectivity index (χ1) is 11.1. The topological polar surface area (TPSA) is 52.6 Å². The second-order valence-electron chi connectivity index (χ2n) is 6.39. The molecule has 2 unspecified atom stereocenters. The van der Waals surface area contributed by atoms with Gasteiger partial charge in [-0.15, -0.1) is 0 Å². The van der Waals surface area contributed by atoms with Crippen molar-refractivity contribution < 1.29 is 9.90 Å². The molecule has 0 saturated carbocycles. The molecule has 1 aromatic carbocycles. The van der Waals surface area contributed by atoms with E-state index in [1.54, 1.807) is 0 Å². The van der Waals surface area contributed by atoms with E-state index in [0.717, 1.165) is 44.5 Å². The maximum Gasteiger partial charge on any atom is 0.219 e. The third kappa shape index (κ3) is 6.13. The lowest BCUT2D eigenvalue weighted by molar-refractivity contribution is -0.121. The van der Waals surface area contributed by atoms with E-state index in [1.807, 2.05) is 31.2 Å². The number of aliphatic hydroxyl groups excluding tert-OH is 1. The molecule has 2 rings (SSSR count). The molecule has 1 aliphatic heterocycles. The second kappa shape index (κ2) is 9.26. The largest absolute Gasteiger partial charge is 0.387 e. The van der Waals surface area contributed by atoms with Gasteiger partial charge in [-0.3, -0.25) is 4.79 Å². The van der Waals surface area contributed by atoms with Gasteiger partial charge in [-0.1, -0.05) is 30.7 Å². The van der Waals surface area contributed by atoms with Gasteiger partial charge < -0.3 is 15.3 Å². The minimum absolute atomic E-state index is 0.144. The first-order valence-electron chi connectivity index (χ1n) is 8.51. The van der Waals surface area contributed by atoms with Crippen molar-refractivity contribution in [2.75, 3.05) is 26.2 Å². The van der Waals surface area contributed by atoms with Crippen LogP contribution in [-0.4, -0.2) is 42.1 Å². The number of β-amino-alcohol motifs (C(OH)–C–C–N with tert-alkyl or cyclic N) is 1. The number of carbonyl (C=O) groups excluding carboxylic acids is 1. The standard InChI is InChI=1S/C18H27ClN2O2/c1-2-4-18(23)20-11-14-5-3-10-21(12-14)13-17(22)15-6-8-16(19)9-7-15/h6-9,14,17,22H,2-5,10-13H2,1H3,(H,20,23). The minimum atomic E-state index is -0.499. The second-order valence-corrected chi connectivity index (χ2v) is 6.83. The van der Waals surface area contributed by atoms with Gasteiger partial charge in [0, 0.05) is 31.1 Å². The number of halogens is 1. The van der Waals surface area contributed by atoms with Gasteiger partial charge in [0.2, 0.25) is 5.91 Å². The molecule has 2 N–H and O–H groups in total. The molecule has 0 spiro atoms. The predicted octanol–water partition coefficient (Wildman–Crippen LogP) is 3.00. The summed E-state index contributed by atoms with van der Waals surface area (Å²) in [5.74, 6) is 0.618. The summed E-state index contributed by atoms with van der Waals surface area (Å²) in [4.78, 5) is 13.9. The summed E-state index contributed by atoms with van der Waals surface area (Å²) >= 11 is 5.88. The Kier molecular flexibility index (Phi) is 7.34. The summed E-state index contributed by atoms with van der Waals surface area (Å²) in [5.41, 5.74) is 0.896. The normalized spacial score (nSPS) is 20.2. The Morgan fingerprint density at radius 1 is 1.43 bits per heavy atom. The molecular formula is C18H27ClN2O2. The predicted molar refractivity (Wildman–Crippen MR) is 93.5 cm³/mol. The third-order valence-electron chi connectivity index (χ3n) is 4.35. The zero-order valence-corrected chi connectivity index (χ0v) is 14.6. The van der Waals surface area contributed by atoms with Crippen LogP contribution in [0.4, 0.5) is 0 Å². The molecule has 0 aromatic heterocycles. The number of hydrogen-bond acceptors (Lipinski definition) is 3. The number of likely N-dealkylation sites (tertiary alicyclic amines) is 1. The molecule has 1 aromatic rings. The van der Waals surface area contributed by atoms with Crippen LogP contribution in [0.2, 0.25) is 5.02 Å². The maximum atomic E-state index is 11.6. The van der Waals surface area contributed by atoms with Crippen molar-refractivity contribution in [2.24, 2.45) is 5.92 Å². The van der Waals surface area contributed by atoms with E-state index in [0.29, 0.717) is 23.9 Å². The van der Waals surface area contributed by atoms with E-state index < -0.39 is 6.10 Å². The van der Waals surface area contributed by atoms with Crippen LogP contribution >= 0.6 is 11.6 Å². The van der Waals surface area contributed by atoms with E-state index in [1.165, 1.54) is 0 Å². The van der Waals surface area contributed by atoms with Crippen LogP contribution < -0.4 is 5.32 Å². The SMILES string of the molecule is CCCC(=O)NCC1CCCN(CC(O)c2ccc(Cl)cc2)C1. The van der Waals surface area contributed by atoms with Gasteiger partial charge >= 0.3 is 0 Å². The monoisotopic (exact) mass is 338 g/mol. The lowest BCUT2D eigenvalue weighted by atomic mass is 9.97. The molecule has 0 aliphatic carbocycles.